The first-order valence-electron chi connectivity index (χ1n) is 5.75. The van der Waals surface area contributed by atoms with Crippen LogP contribution in [-0.4, -0.2) is 29.8 Å². The van der Waals surface area contributed by atoms with Crippen LogP contribution in [0.15, 0.2) is 36.8 Å². The van der Waals surface area contributed by atoms with Gasteiger partial charge < -0.3 is 14.6 Å². The number of hydrogen-bond acceptors (Lipinski definition) is 3. The summed E-state index contributed by atoms with van der Waals surface area (Å²) in [6, 6.07) is 8.63. The van der Waals surface area contributed by atoms with Crippen LogP contribution in [-0.2, 0) is 0 Å². The van der Waals surface area contributed by atoms with Crippen LogP contribution in [0.3, 0.4) is 0 Å². The van der Waals surface area contributed by atoms with Gasteiger partial charge in [-0.05, 0) is 24.3 Å². The molecule has 88 valence electrons. The largest absolute Gasteiger partial charge is 0.497 e. The van der Waals surface area contributed by atoms with Crippen LogP contribution in [0.4, 0.5) is 0 Å². The molecule has 2 aromatic rings. The Morgan fingerprint density at radius 2 is 2.06 bits per heavy atom. The average molecular weight is 229 g/mol. The van der Waals surface area contributed by atoms with Crippen LogP contribution < -0.4 is 10.1 Å². The first kappa shape index (κ1) is 10.4. The van der Waals surface area contributed by atoms with Gasteiger partial charge in [-0.25, -0.2) is 4.98 Å². The van der Waals surface area contributed by atoms with Crippen molar-refractivity contribution in [3.8, 4) is 17.0 Å². The number of hydrogen-bond donors (Lipinski definition) is 1. The van der Waals surface area contributed by atoms with E-state index in [0.717, 1.165) is 18.8 Å². The lowest BCUT2D eigenvalue weighted by atomic mass is 10.1. The van der Waals surface area contributed by atoms with E-state index in [0.29, 0.717) is 6.04 Å². The Labute approximate surface area is 100 Å². The van der Waals surface area contributed by atoms with Crippen molar-refractivity contribution in [3.05, 3.63) is 36.8 Å². The third-order valence-electron chi connectivity index (χ3n) is 3.21. The van der Waals surface area contributed by atoms with Gasteiger partial charge >= 0.3 is 0 Å². The molecule has 0 bridgehead atoms. The number of rotatable bonds is 3. The summed E-state index contributed by atoms with van der Waals surface area (Å²) in [4.78, 5) is 4.25. The normalized spacial score (nSPS) is 15.6. The molecular formula is C13H15N3O. The molecule has 0 atom stereocenters. The maximum Gasteiger partial charge on any atom is 0.118 e. The second-order valence-corrected chi connectivity index (χ2v) is 4.23. The van der Waals surface area contributed by atoms with Gasteiger partial charge in [-0.1, -0.05) is 0 Å². The molecule has 1 aliphatic rings. The molecule has 0 spiro atoms. The summed E-state index contributed by atoms with van der Waals surface area (Å²) >= 11 is 0. The fraction of sp³-hybridized carbons (Fsp3) is 0.308. The Balaban J connectivity index is 1.94. The predicted octanol–water partition coefficient (Wildman–Crippen LogP) is 1.70. The Kier molecular flexibility index (Phi) is 2.57. The van der Waals surface area contributed by atoms with Crippen LogP contribution in [0.2, 0.25) is 0 Å². The number of benzene rings is 1. The van der Waals surface area contributed by atoms with Crippen molar-refractivity contribution in [3.63, 3.8) is 0 Å². The molecule has 0 aliphatic carbocycles. The van der Waals surface area contributed by atoms with Crippen molar-refractivity contribution < 1.29 is 4.74 Å². The lowest BCUT2D eigenvalue weighted by Gasteiger charge is -2.29. The molecular weight excluding hydrogens is 214 g/mol. The molecule has 1 aliphatic heterocycles. The van der Waals surface area contributed by atoms with Crippen LogP contribution in [0, 0.1) is 0 Å². The van der Waals surface area contributed by atoms with Crippen molar-refractivity contribution in [1.29, 1.82) is 0 Å². The number of nitrogens with one attached hydrogen (secondary N) is 1. The van der Waals surface area contributed by atoms with Gasteiger partial charge in [-0.3, -0.25) is 0 Å². The Bertz CT molecular complexity index is 500. The third-order valence-corrected chi connectivity index (χ3v) is 3.21. The van der Waals surface area contributed by atoms with Crippen LogP contribution >= 0.6 is 0 Å². The Morgan fingerprint density at radius 3 is 2.65 bits per heavy atom. The van der Waals surface area contributed by atoms with E-state index in [9.17, 15) is 0 Å². The van der Waals surface area contributed by atoms with Gasteiger partial charge in [0.05, 0.1) is 31.4 Å². The lowest BCUT2D eigenvalue weighted by Crippen LogP contribution is -2.43. The summed E-state index contributed by atoms with van der Waals surface area (Å²) in [5, 5.41) is 3.28. The van der Waals surface area contributed by atoms with Crippen molar-refractivity contribution in [2.24, 2.45) is 0 Å². The predicted molar refractivity (Wildman–Crippen MR) is 66.1 cm³/mol. The highest BCUT2D eigenvalue weighted by Crippen LogP contribution is 2.25. The van der Waals surface area contributed by atoms with E-state index >= 15 is 0 Å². The van der Waals surface area contributed by atoms with Gasteiger partial charge in [0.1, 0.15) is 5.75 Å². The minimum absolute atomic E-state index is 0.537. The highest BCUT2D eigenvalue weighted by atomic mass is 16.5. The SMILES string of the molecule is COc1ccc(-c2cncn2C2CNC2)cc1. The van der Waals surface area contributed by atoms with E-state index < -0.39 is 0 Å². The molecule has 1 fully saturated rings. The summed E-state index contributed by atoms with van der Waals surface area (Å²) in [5.41, 5.74) is 2.34. The summed E-state index contributed by atoms with van der Waals surface area (Å²) < 4.78 is 7.40. The number of aromatic nitrogens is 2. The van der Waals surface area contributed by atoms with Gasteiger partial charge in [-0.15, -0.1) is 0 Å². The van der Waals surface area contributed by atoms with E-state index in [2.05, 4.69) is 27.0 Å². The Morgan fingerprint density at radius 1 is 1.29 bits per heavy atom. The van der Waals surface area contributed by atoms with E-state index in [-0.39, 0.29) is 0 Å². The maximum absolute atomic E-state index is 5.16. The summed E-state index contributed by atoms with van der Waals surface area (Å²) in [7, 11) is 1.68. The molecule has 4 heteroatoms. The van der Waals surface area contributed by atoms with E-state index in [1.807, 2.05) is 24.7 Å². The van der Waals surface area contributed by atoms with Gasteiger partial charge in [0.15, 0.2) is 0 Å². The Hall–Kier alpha value is -1.81. The molecule has 0 unspecified atom stereocenters. The van der Waals surface area contributed by atoms with Gasteiger partial charge in [0.2, 0.25) is 0 Å². The number of nitrogens with zero attached hydrogens (tertiary/aromatic N) is 2. The van der Waals surface area contributed by atoms with Gasteiger partial charge in [0, 0.05) is 18.7 Å². The molecule has 1 saturated heterocycles. The van der Waals surface area contributed by atoms with Crippen molar-refractivity contribution in [2.75, 3.05) is 20.2 Å². The first-order chi connectivity index (χ1) is 8.38. The highest BCUT2D eigenvalue weighted by molar-refractivity contribution is 5.60. The zero-order valence-electron chi connectivity index (χ0n) is 9.76. The number of methoxy groups -OCH3 is 1. The van der Waals surface area contributed by atoms with E-state index in [1.165, 1.54) is 11.3 Å². The average Bonchev–Trinajstić information content (AvgIpc) is 2.76. The molecule has 0 radical (unpaired) electrons. The van der Waals surface area contributed by atoms with E-state index in [4.69, 9.17) is 4.74 Å². The first-order valence-corrected chi connectivity index (χ1v) is 5.75. The van der Waals surface area contributed by atoms with Gasteiger partial charge in [0.25, 0.3) is 0 Å². The second kappa shape index (κ2) is 4.22. The molecule has 3 rings (SSSR count). The highest BCUT2D eigenvalue weighted by Gasteiger charge is 2.21. The van der Waals surface area contributed by atoms with Crippen molar-refractivity contribution >= 4 is 0 Å². The smallest absolute Gasteiger partial charge is 0.118 e. The van der Waals surface area contributed by atoms with Crippen LogP contribution in [0.25, 0.3) is 11.3 Å². The minimum atomic E-state index is 0.537. The molecule has 1 N–H and O–H groups in total. The standard InChI is InChI=1S/C13H15N3O/c1-17-12-4-2-10(3-5-12)13-8-15-9-16(13)11-6-14-7-11/h2-5,8-9,11,14H,6-7H2,1H3. The molecule has 4 nitrogen and oxygen atoms in total. The molecule has 0 saturated carbocycles. The molecule has 0 amide bonds. The maximum atomic E-state index is 5.16. The fourth-order valence-corrected chi connectivity index (χ4v) is 2.05. The van der Waals surface area contributed by atoms with Crippen LogP contribution in [0.1, 0.15) is 6.04 Å². The second-order valence-electron chi connectivity index (χ2n) is 4.23. The molecule has 1 aromatic carbocycles. The quantitative estimate of drug-likeness (QED) is 0.870. The molecule has 17 heavy (non-hydrogen) atoms. The topological polar surface area (TPSA) is 39.1 Å². The number of ether oxygens (including phenoxy) is 1. The number of imidazole rings is 1. The zero-order valence-corrected chi connectivity index (χ0v) is 9.76. The van der Waals surface area contributed by atoms with Crippen molar-refractivity contribution in [2.45, 2.75) is 6.04 Å². The summed E-state index contributed by atoms with van der Waals surface area (Å²) in [6.45, 7) is 2.05. The lowest BCUT2D eigenvalue weighted by molar-refractivity contribution is 0.346. The zero-order chi connectivity index (χ0) is 11.7. The molecule has 1 aromatic heterocycles. The monoisotopic (exact) mass is 229 g/mol. The summed E-state index contributed by atoms with van der Waals surface area (Å²) in [6.07, 6.45) is 3.82. The third kappa shape index (κ3) is 1.80. The van der Waals surface area contributed by atoms with Crippen molar-refractivity contribution in [1.82, 2.24) is 14.9 Å². The van der Waals surface area contributed by atoms with Gasteiger partial charge in [-0.2, -0.15) is 0 Å². The fourth-order valence-electron chi connectivity index (χ4n) is 2.05. The summed E-state index contributed by atoms with van der Waals surface area (Å²) in [5.74, 6) is 0.880. The van der Waals surface area contributed by atoms with Crippen LogP contribution in [0.5, 0.6) is 5.75 Å². The minimum Gasteiger partial charge on any atom is -0.497 e. The molecule has 2 heterocycles. The van der Waals surface area contributed by atoms with E-state index in [1.54, 1.807) is 7.11 Å².